The van der Waals surface area contributed by atoms with Crippen molar-refractivity contribution in [3.8, 4) is 28.7 Å². The van der Waals surface area contributed by atoms with Crippen LogP contribution in [0.25, 0.3) is 0 Å². The third kappa shape index (κ3) is 8.10. The highest BCUT2D eigenvalue weighted by Gasteiger charge is 2.20. The predicted octanol–water partition coefficient (Wildman–Crippen LogP) is 5.28. The second kappa shape index (κ2) is 15.5. The average molecular weight is 662 g/mol. The lowest BCUT2D eigenvalue weighted by molar-refractivity contribution is -0.385. The van der Waals surface area contributed by atoms with Gasteiger partial charge >= 0.3 is 0 Å². The van der Waals surface area contributed by atoms with Crippen molar-refractivity contribution < 1.29 is 33.5 Å². The molecule has 0 saturated heterocycles. The van der Waals surface area contributed by atoms with Crippen molar-refractivity contribution >= 4 is 47.1 Å². The van der Waals surface area contributed by atoms with E-state index in [0.29, 0.717) is 11.4 Å². The number of nitrogens with one attached hydrogen (secondary N) is 3. The lowest BCUT2D eigenvalue weighted by Gasteiger charge is -2.13. The van der Waals surface area contributed by atoms with E-state index in [-0.39, 0.29) is 63.1 Å². The third-order valence-electron chi connectivity index (χ3n) is 6.55. The topological polar surface area (TPSA) is 219 Å². The predicted molar refractivity (Wildman–Crippen MR) is 178 cm³/mol. The zero-order valence-electron chi connectivity index (χ0n) is 26.6. The number of rotatable bonds is 15. The van der Waals surface area contributed by atoms with Gasteiger partial charge in [-0.3, -0.25) is 31.1 Å². The normalized spacial score (nSPS) is 10.9. The molecule has 250 valence electrons. The number of aromatic nitrogens is 2. The van der Waals surface area contributed by atoms with E-state index in [1.54, 1.807) is 6.07 Å². The molecule has 0 spiro atoms. The number of nitro benzene ring substituents is 2. The second-order valence-corrected chi connectivity index (χ2v) is 9.58. The van der Waals surface area contributed by atoms with Crippen LogP contribution in [0.1, 0.15) is 16.7 Å². The van der Waals surface area contributed by atoms with Crippen LogP contribution < -0.4 is 39.9 Å². The fraction of sp³-hybridized carbons (Fsp3) is 0.200. The van der Waals surface area contributed by atoms with E-state index in [0.717, 1.165) is 5.56 Å². The Morgan fingerprint density at radius 1 is 0.646 bits per heavy atom. The third-order valence-corrected chi connectivity index (χ3v) is 6.55. The van der Waals surface area contributed by atoms with Crippen LogP contribution in [0.4, 0.5) is 34.6 Å². The summed E-state index contributed by atoms with van der Waals surface area (Å²) < 4.78 is 26.3. The van der Waals surface area contributed by atoms with Crippen molar-refractivity contribution in [3.05, 3.63) is 85.4 Å². The van der Waals surface area contributed by atoms with Crippen LogP contribution >= 0.6 is 0 Å². The number of hydrogen-bond donors (Lipinski definition) is 3. The van der Waals surface area contributed by atoms with E-state index in [1.807, 2.05) is 19.1 Å². The van der Waals surface area contributed by atoms with Gasteiger partial charge in [-0.2, -0.15) is 20.2 Å². The van der Waals surface area contributed by atoms with E-state index in [4.69, 9.17) is 23.7 Å². The van der Waals surface area contributed by atoms with Crippen LogP contribution in [-0.2, 0) is 0 Å². The molecular weight excluding hydrogens is 630 g/mol. The molecule has 0 radical (unpaired) electrons. The largest absolute Gasteiger partial charge is 0.495 e. The number of methoxy groups -OCH3 is 5. The SMILES string of the molecule is COc1ccc(C)cc1Nc1nc(NN=Cc2cc(OC)c(OC)cc2[N+](=O)[O-])cc(NN=Cc2cc(OC)c(OC)cc2[N+](=O)[O-])n1. The molecule has 0 unspecified atom stereocenters. The van der Waals surface area contributed by atoms with Crippen molar-refractivity contribution in [2.45, 2.75) is 6.92 Å². The molecule has 0 atom stereocenters. The van der Waals surface area contributed by atoms with Crippen LogP contribution in [-0.4, -0.2) is 67.8 Å². The molecule has 0 fully saturated rings. The Kier molecular flexibility index (Phi) is 11.0. The Labute approximate surface area is 273 Å². The summed E-state index contributed by atoms with van der Waals surface area (Å²) in [6, 6.07) is 12.2. The van der Waals surface area contributed by atoms with E-state index in [2.05, 4.69) is 36.3 Å². The van der Waals surface area contributed by atoms with Gasteiger partial charge in [-0.15, -0.1) is 0 Å². The highest BCUT2D eigenvalue weighted by molar-refractivity contribution is 5.88. The maximum atomic E-state index is 11.7. The average Bonchev–Trinajstić information content (AvgIpc) is 3.07. The first kappa shape index (κ1) is 34.2. The summed E-state index contributed by atoms with van der Waals surface area (Å²) in [5, 5.41) is 34.8. The molecule has 18 heteroatoms. The van der Waals surface area contributed by atoms with Crippen LogP contribution in [0.3, 0.4) is 0 Å². The maximum Gasteiger partial charge on any atom is 0.282 e. The summed E-state index contributed by atoms with van der Waals surface area (Å²) in [4.78, 5) is 31.1. The van der Waals surface area contributed by atoms with Gasteiger partial charge in [0.25, 0.3) is 11.4 Å². The zero-order valence-corrected chi connectivity index (χ0v) is 26.6. The van der Waals surface area contributed by atoms with Gasteiger partial charge in [0.2, 0.25) is 5.95 Å². The molecule has 0 amide bonds. The van der Waals surface area contributed by atoms with Crippen molar-refractivity contribution in [2.24, 2.45) is 10.2 Å². The Bertz CT molecular complexity index is 1780. The van der Waals surface area contributed by atoms with E-state index < -0.39 is 9.85 Å². The summed E-state index contributed by atoms with van der Waals surface area (Å²) in [7, 11) is 7.07. The highest BCUT2D eigenvalue weighted by atomic mass is 16.6. The standard InChI is InChI=1S/C30H31N9O9/c1-17-7-8-23(44-2)20(9-17)33-30-34-28(36-31-15-18-10-24(45-3)26(47-5)12-21(18)38(40)41)14-29(35-30)37-32-16-19-11-25(46-4)27(48-6)13-22(19)39(42)43/h7-16H,1-6H3,(H3,33,34,35,36,37). The number of ether oxygens (including phenoxy) is 5. The molecule has 0 aliphatic carbocycles. The summed E-state index contributed by atoms with van der Waals surface area (Å²) in [5.74, 6) is 1.81. The first-order chi connectivity index (χ1) is 23.1. The fourth-order valence-electron chi connectivity index (χ4n) is 4.28. The molecular formula is C30H31N9O9. The molecule has 0 aliphatic rings. The lowest BCUT2D eigenvalue weighted by Crippen LogP contribution is -2.05. The van der Waals surface area contributed by atoms with Crippen LogP contribution in [0.5, 0.6) is 28.7 Å². The Balaban J connectivity index is 1.69. The molecule has 3 aromatic carbocycles. The number of hydrogen-bond acceptors (Lipinski definition) is 16. The molecule has 48 heavy (non-hydrogen) atoms. The van der Waals surface area contributed by atoms with Crippen molar-refractivity contribution in [1.82, 2.24) is 9.97 Å². The van der Waals surface area contributed by atoms with Crippen LogP contribution in [0.15, 0.2) is 58.7 Å². The van der Waals surface area contributed by atoms with Crippen LogP contribution in [0, 0.1) is 27.2 Å². The second-order valence-electron chi connectivity index (χ2n) is 9.58. The Hall–Kier alpha value is -6.72. The van der Waals surface area contributed by atoms with Gasteiger partial charge in [0.15, 0.2) is 34.6 Å². The minimum atomic E-state index is -0.575. The molecule has 0 saturated carbocycles. The molecule has 18 nitrogen and oxygen atoms in total. The summed E-state index contributed by atoms with van der Waals surface area (Å²) >= 11 is 0. The smallest absolute Gasteiger partial charge is 0.282 e. The van der Waals surface area contributed by atoms with Gasteiger partial charge in [-0.1, -0.05) is 6.07 Å². The van der Waals surface area contributed by atoms with Gasteiger partial charge in [0, 0.05) is 6.07 Å². The number of benzene rings is 3. The molecule has 1 heterocycles. The van der Waals surface area contributed by atoms with Crippen molar-refractivity contribution in [1.29, 1.82) is 0 Å². The van der Waals surface area contributed by atoms with E-state index >= 15 is 0 Å². The molecule has 4 rings (SSSR count). The van der Waals surface area contributed by atoms with Gasteiger partial charge in [-0.05, 0) is 36.8 Å². The van der Waals surface area contributed by atoms with Crippen molar-refractivity contribution in [2.75, 3.05) is 51.7 Å². The van der Waals surface area contributed by atoms with Gasteiger partial charge in [0.1, 0.15) is 5.75 Å². The summed E-state index contributed by atoms with van der Waals surface area (Å²) in [6.45, 7) is 1.90. The number of nitrogens with zero attached hydrogens (tertiary/aromatic N) is 6. The van der Waals surface area contributed by atoms with Crippen LogP contribution in [0.2, 0.25) is 0 Å². The molecule has 3 N–H and O–H groups in total. The van der Waals surface area contributed by atoms with E-state index in [9.17, 15) is 20.2 Å². The monoisotopic (exact) mass is 661 g/mol. The van der Waals surface area contributed by atoms with Gasteiger partial charge in [0.05, 0.1) is 86.8 Å². The van der Waals surface area contributed by atoms with Gasteiger partial charge < -0.3 is 29.0 Å². The summed E-state index contributed by atoms with van der Waals surface area (Å²) in [6.07, 6.45) is 2.45. The molecule has 1 aromatic heterocycles. The first-order valence-electron chi connectivity index (χ1n) is 13.8. The van der Waals surface area contributed by atoms with E-state index in [1.165, 1.54) is 78.3 Å². The molecule has 0 aliphatic heterocycles. The van der Waals surface area contributed by atoms with Crippen molar-refractivity contribution in [3.63, 3.8) is 0 Å². The number of hydrazone groups is 2. The van der Waals surface area contributed by atoms with Gasteiger partial charge in [-0.25, -0.2) is 0 Å². The first-order valence-corrected chi connectivity index (χ1v) is 13.8. The zero-order chi connectivity index (χ0) is 34.8. The number of anilines is 4. The Morgan fingerprint density at radius 2 is 1.08 bits per heavy atom. The minimum Gasteiger partial charge on any atom is -0.495 e. The summed E-state index contributed by atoms with van der Waals surface area (Å²) in [5.41, 5.74) is 6.68. The quantitative estimate of drug-likeness (QED) is 0.0839. The minimum absolute atomic E-state index is 0.0889. The number of nitro groups is 2. The lowest BCUT2D eigenvalue weighted by atomic mass is 10.1. The molecule has 0 bridgehead atoms. The fourth-order valence-corrected chi connectivity index (χ4v) is 4.28. The maximum absolute atomic E-state index is 11.7. The number of aryl methyl sites for hydroxylation is 1. The highest BCUT2D eigenvalue weighted by Crippen LogP contribution is 2.35. The molecule has 4 aromatic rings. The Morgan fingerprint density at radius 3 is 1.50 bits per heavy atom.